The molecule has 13 heavy (non-hydrogen) atoms. The van der Waals surface area contributed by atoms with E-state index in [9.17, 15) is 13.2 Å². The molecule has 0 unspecified atom stereocenters. The van der Waals surface area contributed by atoms with E-state index in [4.69, 9.17) is 0 Å². The SMILES string of the molecule is CC(C)n1ncc(Br)c1C(F)(F)F. The van der Waals surface area contributed by atoms with Gasteiger partial charge >= 0.3 is 6.18 Å². The summed E-state index contributed by atoms with van der Waals surface area (Å²) < 4.78 is 38.2. The molecule has 1 aromatic rings. The van der Waals surface area contributed by atoms with Crippen molar-refractivity contribution in [1.29, 1.82) is 0 Å². The predicted molar refractivity (Wildman–Crippen MR) is 45.3 cm³/mol. The van der Waals surface area contributed by atoms with Crippen molar-refractivity contribution in [2.45, 2.75) is 26.1 Å². The fourth-order valence-corrected chi connectivity index (χ4v) is 1.50. The van der Waals surface area contributed by atoms with Crippen LogP contribution in [-0.4, -0.2) is 9.78 Å². The molecule has 0 atom stereocenters. The lowest BCUT2D eigenvalue weighted by molar-refractivity contribution is -0.145. The summed E-state index contributed by atoms with van der Waals surface area (Å²) in [6.07, 6.45) is -3.21. The molecule has 0 aliphatic carbocycles. The van der Waals surface area contributed by atoms with Crippen molar-refractivity contribution < 1.29 is 13.2 Å². The highest BCUT2D eigenvalue weighted by Gasteiger charge is 2.38. The maximum absolute atomic E-state index is 12.4. The molecule has 0 spiro atoms. The normalized spacial score (nSPS) is 12.5. The van der Waals surface area contributed by atoms with E-state index < -0.39 is 11.9 Å². The number of aromatic nitrogens is 2. The molecule has 6 heteroatoms. The fraction of sp³-hybridized carbons (Fsp3) is 0.571. The zero-order chi connectivity index (χ0) is 10.2. The van der Waals surface area contributed by atoms with Gasteiger partial charge in [-0.3, -0.25) is 4.68 Å². The summed E-state index contributed by atoms with van der Waals surface area (Å²) in [4.78, 5) is 0. The van der Waals surface area contributed by atoms with Crippen LogP contribution in [0.4, 0.5) is 13.2 Å². The Hall–Kier alpha value is -0.520. The molecule has 0 saturated carbocycles. The minimum Gasteiger partial charge on any atom is -0.257 e. The van der Waals surface area contributed by atoms with Gasteiger partial charge in [-0.2, -0.15) is 18.3 Å². The zero-order valence-electron chi connectivity index (χ0n) is 7.06. The molecule has 0 aromatic carbocycles. The number of rotatable bonds is 1. The number of hydrogen-bond acceptors (Lipinski definition) is 1. The summed E-state index contributed by atoms with van der Waals surface area (Å²) in [5, 5.41) is 3.63. The van der Waals surface area contributed by atoms with Crippen molar-refractivity contribution in [3.8, 4) is 0 Å². The molecule has 1 rings (SSSR count). The Kier molecular flexibility index (Phi) is 2.70. The van der Waals surface area contributed by atoms with Gasteiger partial charge in [-0.25, -0.2) is 0 Å². The lowest BCUT2D eigenvalue weighted by Crippen LogP contribution is -2.16. The van der Waals surface area contributed by atoms with E-state index >= 15 is 0 Å². The number of halogens is 4. The first-order valence-electron chi connectivity index (χ1n) is 3.64. The van der Waals surface area contributed by atoms with Crippen LogP contribution < -0.4 is 0 Å². The topological polar surface area (TPSA) is 17.8 Å². The van der Waals surface area contributed by atoms with Crippen LogP contribution >= 0.6 is 15.9 Å². The van der Waals surface area contributed by atoms with Crippen LogP contribution in [-0.2, 0) is 6.18 Å². The largest absolute Gasteiger partial charge is 0.434 e. The minimum absolute atomic E-state index is 0.0197. The molecule has 0 aliphatic heterocycles. The van der Waals surface area contributed by atoms with E-state index in [0.717, 1.165) is 10.9 Å². The van der Waals surface area contributed by atoms with Crippen LogP contribution in [0.2, 0.25) is 0 Å². The van der Waals surface area contributed by atoms with Crippen LogP contribution in [0.1, 0.15) is 25.6 Å². The van der Waals surface area contributed by atoms with Gasteiger partial charge in [0.05, 0.1) is 10.7 Å². The third-order valence-corrected chi connectivity index (χ3v) is 2.09. The highest BCUT2D eigenvalue weighted by molar-refractivity contribution is 9.10. The average Bonchev–Trinajstić information content (AvgIpc) is 2.28. The molecule has 0 aliphatic rings. The lowest BCUT2D eigenvalue weighted by Gasteiger charge is -2.13. The summed E-state index contributed by atoms with van der Waals surface area (Å²) in [7, 11) is 0. The quantitative estimate of drug-likeness (QED) is 0.755. The van der Waals surface area contributed by atoms with E-state index in [-0.39, 0.29) is 10.5 Å². The Bertz CT molecular complexity index is 303. The summed E-state index contributed by atoms with van der Waals surface area (Å²) in [6.45, 7) is 3.30. The van der Waals surface area contributed by atoms with E-state index in [1.54, 1.807) is 13.8 Å². The van der Waals surface area contributed by atoms with Gasteiger partial charge in [0.15, 0.2) is 5.69 Å². The Labute approximate surface area is 81.9 Å². The van der Waals surface area contributed by atoms with Crippen molar-refractivity contribution in [3.63, 3.8) is 0 Å². The molecular weight excluding hydrogens is 249 g/mol. The average molecular weight is 257 g/mol. The summed E-state index contributed by atoms with van der Waals surface area (Å²) in [6, 6.07) is -0.303. The third-order valence-electron chi connectivity index (χ3n) is 1.51. The molecule has 0 saturated heterocycles. The molecule has 0 amide bonds. The van der Waals surface area contributed by atoms with Gasteiger partial charge in [-0.15, -0.1) is 0 Å². The van der Waals surface area contributed by atoms with E-state index in [2.05, 4.69) is 21.0 Å². The maximum Gasteiger partial charge on any atom is 0.434 e. The van der Waals surface area contributed by atoms with E-state index in [1.807, 2.05) is 0 Å². The number of hydrogen-bond donors (Lipinski definition) is 0. The van der Waals surface area contributed by atoms with Gasteiger partial charge in [0.2, 0.25) is 0 Å². The van der Waals surface area contributed by atoms with E-state index in [0.29, 0.717) is 0 Å². The molecule has 1 heterocycles. The standard InChI is InChI=1S/C7H8BrF3N2/c1-4(2)13-6(7(9,10)11)5(8)3-12-13/h3-4H,1-2H3. The maximum atomic E-state index is 12.4. The first-order valence-corrected chi connectivity index (χ1v) is 4.43. The van der Waals surface area contributed by atoms with Crippen LogP contribution in [0.5, 0.6) is 0 Å². The summed E-state index contributed by atoms with van der Waals surface area (Å²) >= 11 is 2.82. The highest BCUT2D eigenvalue weighted by atomic mass is 79.9. The van der Waals surface area contributed by atoms with Gasteiger partial charge in [0.25, 0.3) is 0 Å². The fourth-order valence-electron chi connectivity index (χ4n) is 0.998. The van der Waals surface area contributed by atoms with Crippen molar-refractivity contribution in [2.24, 2.45) is 0 Å². The van der Waals surface area contributed by atoms with Crippen molar-refractivity contribution in [3.05, 3.63) is 16.4 Å². The third kappa shape index (κ3) is 2.04. The molecule has 0 bridgehead atoms. The first kappa shape index (κ1) is 10.6. The van der Waals surface area contributed by atoms with E-state index in [1.165, 1.54) is 0 Å². The monoisotopic (exact) mass is 256 g/mol. The zero-order valence-corrected chi connectivity index (χ0v) is 8.65. The van der Waals surface area contributed by atoms with Crippen molar-refractivity contribution in [1.82, 2.24) is 9.78 Å². The second-order valence-electron chi connectivity index (χ2n) is 2.88. The van der Waals surface area contributed by atoms with Gasteiger partial charge in [0.1, 0.15) is 0 Å². The summed E-state index contributed by atoms with van der Waals surface area (Å²) in [5.41, 5.74) is -0.734. The number of nitrogens with zero attached hydrogens (tertiary/aromatic N) is 2. The van der Waals surface area contributed by atoms with Crippen LogP contribution in [0, 0.1) is 0 Å². The van der Waals surface area contributed by atoms with Crippen LogP contribution in [0.15, 0.2) is 10.7 Å². The lowest BCUT2D eigenvalue weighted by atomic mass is 10.3. The second-order valence-corrected chi connectivity index (χ2v) is 3.73. The number of alkyl halides is 3. The van der Waals surface area contributed by atoms with Crippen molar-refractivity contribution >= 4 is 15.9 Å². The van der Waals surface area contributed by atoms with Crippen molar-refractivity contribution in [2.75, 3.05) is 0 Å². The highest BCUT2D eigenvalue weighted by Crippen LogP contribution is 2.35. The Morgan fingerprint density at radius 1 is 1.46 bits per heavy atom. The Morgan fingerprint density at radius 2 is 2.00 bits per heavy atom. The molecule has 0 fully saturated rings. The first-order chi connectivity index (χ1) is 5.84. The molecule has 0 N–H and O–H groups in total. The molecule has 2 nitrogen and oxygen atoms in total. The van der Waals surface area contributed by atoms with Gasteiger partial charge in [-0.1, -0.05) is 0 Å². The van der Waals surface area contributed by atoms with Gasteiger partial charge < -0.3 is 0 Å². The second kappa shape index (κ2) is 3.32. The Morgan fingerprint density at radius 3 is 2.31 bits per heavy atom. The minimum atomic E-state index is -4.36. The van der Waals surface area contributed by atoms with Crippen LogP contribution in [0.3, 0.4) is 0 Å². The van der Waals surface area contributed by atoms with Gasteiger partial charge in [-0.05, 0) is 29.8 Å². The smallest absolute Gasteiger partial charge is 0.257 e. The molecular formula is C7H8BrF3N2. The molecule has 74 valence electrons. The molecule has 1 aromatic heterocycles. The Balaban J connectivity index is 3.25. The predicted octanol–water partition coefficient (Wildman–Crippen LogP) is 3.25. The van der Waals surface area contributed by atoms with Gasteiger partial charge in [0, 0.05) is 6.04 Å². The molecule has 0 radical (unpaired) electrons. The van der Waals surface area contributed by atoms with Crippen LogP contribution in [0.25, 0.3) is 0 Å². The summed E-state index contributed by atoms with van der Waals surface area (Å²) in [5.74, 6) is 0.